The van der Waals surface area contributed by atoms with Gasteiger partial charge in [-0.05, 0) is 11.6 Å². The van der Waals surface area contributed by atoms with E-state index in [1.54, 1.807) is 0 Å². The molecule has 0 radical (unpaired) electrons. The topological polar surface area (TPSA) is 4.93 Å². The van der Waals surface area contributed by atoms with E-state index in [-0.39, 0.29) is 0 Å². The summed E-state index contributed by atoms with van der Waals surface area (Å²) < 4.78 is 2.29. The molecule has 4 aromatic carbocycles. The molecule has 0 aliphatic carbocycles. The standard InChI is InChI=1S/C23H16ClN/c1-25-19-14-8-7-13-18(19)21-20(15-9-3-2-4-10-15)22(24)16-11-5-6-12-17(16)23(21)25/h2-14H,1H3. The fourth-order valence-electron chi connectivity index (χ4n) is 3.96. The Morgan fingerprint density at radius 1 is 0.680 bits per heavy atom. The Hall–Kier alpha value is -2.77. The molecule has 0 spiro atoms. The number of nitrogens with zero attached hydrogens (tertiary/aromatic N) is 1. The van der Waals surface area contributed by atoms with Crippen molar-refractivity contribution >= 4 is 44.2 Å². The van der Waals surface area contributed by atoms with Gasteiger partial charge in [-0.15, -0.1) is 0 Å². The number of hydrogen-bond acceptors (Lipinski definition) is 0. The SMILES string of the molecule is Cn1c2ccccc2c2c(-c3ccccc3)c(Cl)c3ccccc3c21. The van der Waals surface area contributed by atoms with Crippen molar-refractivity contribution in [3.8, 4) is 11.1 Å². The molecule has 2 heteroatoms. The highest BCUT2D eigenvalue weighted by Gasteiger charge is 2.19. The van der Waals surface area contributed by atoms with Crippen LogP contribution in [0.15, 0.2) is 78.9 Å². The van der Waals surface area contributed by atoms with E-state index in [2.05, 4.69) is 84.4 Å². The van der Waals surface area contributed by atoms with E-state index in [4.69, 9.17) is 11.6 Å². The lowest BCUT2D eigenvalue weighted by atomic mass is 9.95. The van der Waals surface area contributed by atoms with E-state index in [1.807, 2.05) is 6.07 Å². The number of benzene rings is 4. The van der Waals surface area contributed by atoms with E-state index in [0.717, 1.165) is 21.5 Å². The van der Waals surface area contributed by atoms with Crippen LogP contribution in [0.2, 0.25) is 5.02 Å². The average molecular weight is 342 g/mol. The second-order valence-corrected chi connectivity index (χ2v) is 6.78. The maximum Gasteiger partial charge on any atom is 0.0575 e. The van der Waals surface area contributed by atoms with Crippen molar-refractivity contribution in [3.63, 3.8) is 0 Å². The van der Waals surface area contributed by atoms with Gasteiger partial charge in [0.15, 0.2) is 0 Å². The molecule has 25 heavy (non-hydrogen) atoms. The number of para-hydroxylation sites is 1. The highest BCUT2D eigenvalue weighted by atomic mass is 35.5. The van der Waals surface area contributed by atoms with E-state index < -0.39 is 0 Å². The molecule has 5 aromatic rings. The summed E-state index contributed by atoms with van der Waals surface area (Å²) in [6, 6.07) is 27.4. The minimum atomic E-state index is 0.825. The van der Waals surface area contributed by atoms with Gasteiger partial charge >= 0.3 is 0 Å². The molecule has 0 aliphatic heterocycles. The molecule has 0 amide bonds. The van der Waals surface area contributed by atoms with Crippen molar-refractivity contribution in [2.75, 3.05) is 0 Å². The predicted molar refractivity (Wildman–Crippen MR) is 108 cm³/mol. The summed E-state index contributed by atoms with van der Waals surface area (Å²) in [6.07, 6.45) is 0. The fourth-order valence-corrected chi connectivity index (χ4v) is 4.33. The van der Waals surface area contributed by atoms with Gasteiger partial charge in [0.25, 0.3) is 0 Å². The van der Waals surface area contributed by atoms with Crippen molar-refractivity contribution in [2.24, 2.45) is 7.05 Å². The number of halogens is 1. The third-order valence-corrected chi connectivity index (χ3v) is 5.45. The van der Waals surface area contributed by atoms with Gasteiger partial charge in [0, 0.05) is 39.7 Å². The van der Waals surface area contributed by atoms with Crippen molar-refractivity contribution < 1.29 is 0 Å². The molecule has 0 saturated carbocycles. The van der Waals surface area contributed by atoms with Crippen LogP contribution in [-0.2, 0) is 7.05 Å². The minimum absolute atomic E-state index is 0.825. The first-order valence-corrected chi connectivity index (χ1v) is 8.78. The van der Waals surface area contributed by atoms with Gasteiger partial charge < -0.3 is 4.57 Å². The monoisotopic (exact) mass is 341 g/mol. The summed E-state index contributed by atoms with van der Waals surface area (Å²) in [5.41, 5.74) is 4.73. The van der Waals surface area contributed by atoms with Crippen LogP contribution in [0.1, 0.15) is 0 Å². The quantitative estimate of drug-likeness (QED) is 0.316. The Morgan fingerprint density at radius 3 is 2.04 bits per heavy atom. The molecule has 0 saturated heterocycles. The highest BCUT2D eigenvalue weighted by molar-refractivity contribution is 6.42. The van der Waals surface area contributed by atoms with Gasteiger partial charge in [-0.1, -0.05) is 84.4 Å². The van der Waals surface area contributed by atoms with Crippen LogP contribution < -0.4 is 0 Å². The molecule has 1 aromatic heterocycles. The number of rotatable bonds is 1. The Balaban J connectivity index is 2.15. The average Bonchev–Trinajstić information content (AvgIpc) is 2.96. The summed E-state index contributed by atoms with van der Waals surface area (Å²) in [5, 5.41) is 5.59. The van der Waals surface area contributed by atoms with Crippen molar-refractivity contribution in [1.29, 1.82) is 0 Å². The summed E-state index contributed by atoms with van der Waals surface area (Å²) >= 11 is 6.96. The molecule has 0 unspecified atom stereocenters. The third kappa shape index (κ3) is 1.96. The largest absolute Gasteiger partial charge is 0.343 e. The molecule has 1 heterocycles. The van der Waals surface area contributed by atoms with Crippen molar-refractivity contribution in [1.82, 2.24) is 4.57 Å². The van der Waals surface area contributed by atoms with E-state index >= 15 is 0 Å². The van der Waals surface area contributed by atoms with Crippen LogP contribution in [0.5, 0.6) is 0 Å². The summed E-state index contributed by atoms with van der Waals surface area (Å²) in [7, 11) is 2.14. The van der Waals surface area contributed by atoms with Gasteiger partial charge in [-0.25, -0.2) is 0 Å². The van der Waals surface area contributed by atoms with Crippen molar-refractivity contribution in [2.45, 2.75) is 0 Å². The Morgan fingerprint density at radius 2 is 1.28 bits per heavy atom. The second kappa shape index (κ2) is 5.37. The minimum Gasteiger partial charge on any atom is -0.343 e. The number of fused-ring (bicyclic) bond motifs is 5. The third-order valence-electron chi connectivity index (χ3n) is 5.06. The molecule has 5 rings (SSSR count). The lowest BCUT2D eigenvalue weighted by Gasteiger charge is -2.12. The zero-order valence-corrected chi connectivity index (χ0v) is 14.6. The Labute approximate surface area is 151 Å². The maximum atomic E-state index is 6.96. The highest BCUT2D eigenvalue weighted by Crippen LogP contribution is 2.45. The van der Waals surface area contributed by atoms with Gasteiger partial charge in [0.2, 0.25) is 0 Å². The van der Waals surface area contributed by atoms with Crippen LogP contribution in [0.3, 0.4) is 0 Å². The zero-order valence-electron chi connectivity index (χ0n) is 13.8. The van der Waals surface area contributed by atoms with Gasteiger partial charge in [-0.3, -0.25) is 0 Å². The summed E-state index contributed by atoms with van der Waals surface area (Å²) in [6.45, 7) is 0. The van der Waals surface area contributed by atoms with Crippen LogP contribution in [0, 0.1) is 0 Å². The van der Waals surface area contributed by atoms with Gasteiger partial charge in [0.05, 0.1) is 10.5 Å². The fraction of sp³-hybridized carbons (Fsp3) is 0.0435. The van der Waals surface area contributed by atoms with Gasteiger partial charge in [-0.2, -0.15) is 0 Å². The van der Waals surface area contributed by atoms with E-state index in [1.165, 1.54) is 27.2 Å². The molecule has 1 nitrogen and oxygen atoms in total. The Bertz CT molecular complexity index is 1250. The molecule has 0 aliphatic rings. The first-order valence-electron chi connectivity index (χ1n) is 8.40. The normalized spacial score (nSPS) is 11.6. The Kier molecular flexibility index (Phi) is 3.13. The predicted octanol–water partition coefficient (Wildman–Crippen LogP) is 6.81. The lowest BCUT2D eigenvalue weighted by Crippen LogP contribution is -1.90. The molecule has 0 N–H and O–H groups in total. The number of hydrogen-bond donors (Lipinski definition) is 0. The zero-order chi connectivity index (χ0) is 17.0. The van der Waals surface area contributed by atoms with Crippen molar-refractivity contribution in [3.05, 3.63) is 83.9 Å². The second-order valence-electron chi connectivity index (χ2n) is 6.40. The molecule has 120 valence electrons. The van der Waals surface area contributed by atoms with Gasteiger partial charge in [0.1, 0.15) is 0 Å². The molecule has 0 bridgehead atoms. The lowest BCUT2D eigenvalue weighted by molar-refractivity contribution is 1.02. The van der Waals surface area contributed by atoms with E-state index in [9.17, 15) is 0 Å². The molecular weight excluding hydrogens is 326 g/mol. The van der Waals surface area contributed by atoms with Crippen LogP contribution in [0.4, 0.5) is 0 Å². The van der Waals surface area contributed by atoms with Crippen LogP contribution in [0.25, 0.3) is 43.7 Å². The molecular formula is C23H16ClN. The molecule has 0 fully saturated rings. The van der Waals surface area contributed by atoms with E-state index in [0.29, 0.717) is 0 Å². The molecule has 0 atom stereocenters. The van der Waals surface area contributed by atoms with Crippen LogP contribution in [-0.4, -0.2) is 4.57 Å². The smallest absolute Gasteiger partial charge is 0.0575 e. The van der Waals surface area contributed by atoms with Crippen LogP contribution >= 0.6 is 11.6 Å². The number of aromatic nitrogens is 1. The summed E-state index contributed by atoms with van der Waals surface area (Å²) in [4.78, 5) is 0. The first-order chi connectivity index (χ1) is 12.3. The summed E-state index contributed by atoms with van der Waals surface area (Å²) in [5.74, 6) is 0. The first kappa shape index (κ1) is 14.6. The number of aryl methyl sites for hydroxylation is 1. The maximum absolute atomic E-state index is 6.96.